The van der Waals surface area contributed by atoms with Crippen LogP contribution in [0, 0.1) is 11.5 Å². The van der Waals surface area contributed by atoms with E-state index in [4.69, 9.17) is 5.26 Å². The van der Waals surface area contributed by atoms with E-state index in [-0.39, 0.29) is 5.91 Å². The molecule has 3 heteroatoms. The van der Waals surface area contributed by atoms with E-state index >= 15 is 0 Å². The Bertz CT molecular complexity index is 313. The van der Waals surface area contributed by atoms with Crippen molar-refractivity contribution in [1.82, 2.24) is 5.32 Å². The summed E-state index contributed by atoms with van der Waals surface area (Å²) in [5, 5.41) is 10.2. The lowest BCUT2D eigenvalue weighted by molar-refractivity contribution is -0.119. The molecule has 0 spiro atoms. The van der Waals surface area contributed by atoms with Gasteiger partial charge in [-0.15, -0.1) is 0 Å². The Labute approximate surface area is 77.0 Å². The van der Waals surface area contributed by atoms with Gasteiger partial charge in [0.1, 0.15) is 0 Å². The van der Waals surface area contributed by atoms with Crippen molar-refractivity contribution < 1.29 is 4.79 Å². The number of aryl methyl sites for hydroxylation is 1. The summed E-state index contributed by atoms with van der Waals surface area (Å²) in [6.07, 6.45) is 2.64. The molecule has 0 unspecified atom stereocenters. The lowest BCUT2D eigenvalue weighted by Gasteiger charge is -1.98. The van der Waals surface area contributed by atoms with Gasteiger partial charge in [0.2, 0.25) is 5.91 Å². The van der Waals surface area contributed by atoms with Crippen LogP contribution in [0.1, 0.15) is 12.0 Å². The molecule has 0 saturated carbocycles. The topological polar surface area (TPSA) is 52.9 Å². The van der Waals surface area contributed by atoms with Gasteiger partial charge in [-0.2, -0.15) is 5.26 Å². The molecular formula is C10H10N2O. The fraction of sp³-hybridized carbons (Fsp3) is 0.200. The molecule has 1 rings (SSSR count). The fourth-order valence-electron chi connectivity index (χ4n) is 1.03. The number of amides is 1. The number of rotatable bonds is 3. The molecule has 3 nitrogen and oxygen atoms in total. The maximum Gasteiger partial charge on any atom is 0.233 e. The highest BCUT2D eigenvalue weighted by molar-refractivity contribution is 5.77. The fourth-order valence-corrected chi connectivity index (χ4v) is 1.03. The first-order valence-electron chi connectivity index (χ1n) is 4.05. The van der Waals surface area contributed by atoms with Crippen LogP contribution in [0.15, 0.2) is 30.3 Å². The van der Waals surface area contributed by atoms with Gasteiger partial charge in [-0.25, -0.2) is 0 Å². The molecule has 1 aromatic rings. The van der Waals surface area contributed by atoms with Gasteiger partial charge < -0.3 is 0 Å². The van der Waals surface area contributed by atoms with Gasteiger partial charge in [-0.1, -0.05) is 30.3 Å². The van der Waals surface area contributed by atoms with Crippen molar-refractivity contribution in [2.45, 2.75) is 12.8 Å². The van der Waals surface area contributed by atoms with E-state index in [0.29, 0.717) is 12.8 Å². The van der Waals surface area contributed by atoms with Crippen LogP contribution in [0.2, 0.25) is 0 Å². The molecule has 13 heavy (non-hydrogen) atoms. The van der Waals surface area contributed by atoms with Crippen molar-refractivity contribution in [3.63, 3.8) is 0 Å². The number of carbonyl (C=O) groups excluding carboxylic acids is 1. The van der Waals surface area contributed by atoms with E-state index in [0.717, 1.165) is 5.56 Å². The predicted molar refractivity (Wildman–Crippen MR) is 48.5 cm³/mol. The minimum Gasteiger partial charge on any atom is -0.274 e. The maximum absolute atomic E-state index is 10.9. The van der Waals surface area contributed by atoms with E-state index < -0.39 is 0 Å². The van der Waals surface area contributed by atoms with Gasteiger partial charge in [-0.05, 0) is 12.0 Å². The Balaban J connectivity index is 2.36. The Kier molecular flexibility index (Phi) is 3.52. The molecule has 0 heterocycles. The quantitative estimate of drug-likeness (QED) is 0.553. The highest BCUT2D eigenvalue weighted by atomic mass is 16.1. The molecule has 66 valence electrons. The number of nitrogens with zero attached hydrogens (tertiary/aromatic N) is 1. The Morgan fingerprint density at radius 3 is 2.69 bits per heavy atom. The van der Waals surface area contributed by atoms with Gasteiger partial charge in [-0.3, -0.25) is 10.1 Å². The highest BCUT2D eigenvalue weighted by Gasteiger charge is 1.99. The Morgan fingerprint density at radius 1 is 1.38 bits per heavy atom. The van der Waals surface area contributed by atoms with Crippen LogP contribution in [-0.2, 0) is 11.2 Å². The summed E-state index contributed by atoms with van der Waals surface area (Å²) in [5.74, 6) is -0.230. The van der Waals surface area contributed by atoms with Crippen LogP contribution in [-0.4, -0.2) is 5.91 Å². The zero-order valence-corrected chi connectivity index (χ0v) is 7.16. The molecule has 0 saturated heterocycles. The molecule has 0 aliphatic heterocycles. The van der Waals surface area contributed by atoms with Crippen LogP contribution >= 0.6 is 0 Å². The first kappa shape index (κ1) is 9.27. The molecule has 0 aliphatic rings. The second-order valence-electron chi connectivity index (χ2n) is 2.65. The molecule has 0 atom stereocenters. The second kappa shape index (κ2) is 4.94. The number of nitriles is 1. The molecule has 0 bridgehead atoms. The molecule has 0 fully saturated rings. The van der Waals surface area contributed by atoms with Gasteiger partial charge in [0.15, 0.2) is 6.19 Å². The summed E-state index contributed by atoms with van der Waals surface area (Å²) in [4.78, 5) is 10.9. The second-order valence-corrected chi connectivity index (χ2v) is 2.65. The first-order chi connectivity index (χ1) is 6.33. The normalized spacial score (nSPS) is 8.85. The van der Waals surface area contributed by atoms with Crippen molar-refractivity contribution in [3.05, 3.63) is 35.9 Å². The summed E-state index contributed by atoms with van der Waals surface area (Å²) >= 11 is 0. The summed E-state index contributed by atoms with van der Waals surface area (Å²) < 4.78 is 0. The molecule has 0 aliphatic carbocycles. The standard InChI is InChI=1S/C10H10N2O/c11-8-12-10(13)7-6-9-4-2-1-3-5-9/h1-5H,6-7H2,(H,12,13). The van der Waals surface area contributed by atoms with E-state index in [2.05, 4.69) is 5.32 Å². The summed E-state index contributed by atoms with van der Waals surface area (Å²) in [7, 11) is 0. The summed E-state index contributed by atoms with van der Waals surface area (Å²) in [6.45, 7) is 0. The molecular weight excluding hydrogens is 164 g/mol. The highest BCUT2D eigenvalue weighted by Crippen LogP contribution is 2.01. The number of hydrogen-bond donors (Lipinski definition) is 1. The van der Waals surface area contributed by atoms with Crippen molar-refractivity contribution >= 4 is 5.91 Å². The zero-order valence-electron chi connectivity index (χ0n) is 7.16. The third-order valence-electron chi connectivity index (χ3n) is 1.68. The largest absolute Gasteiger partial charge is 0.274 e. The van der Waals surface area contributed by atoms with Crippen LogP contribution < -0.4 is 5.32 Å². The van der Waals surface area contributed by atoms with E-state index in [9.17, 15) is 4.79 Å². The van der Waals surface area contributed by atoms with Crippen molar-refractivity contribution in [3.8, 4) is 6.19 Å². The van der Waals surface area contributed by atoms with Crippen LogP contribution in [0.4, 0.5) is 0 Å². The van der Waals surface area contributed by atoms with Crippen molar-refractivity contribution in [2.24, 2.45) is 0 Å². The van der Waals surface area contributed by atoms with Crippen LogP contribution in [0.25, 0.3) is 0 Å². The molecule has 1 N–H and O–H groups in total. The first-order valence-corrected chi connectivity index (χ1v) is 4.05. The molecule has 1 amide bonds. The average Bonchev–Trinajstić information content (AvgIpc) is 2.17. The van der Waals surface area contributed by atoms with Gasteiger partial charge in [0, 0.05) is 6.42 Å². The van der Waals surface area contributed by atoms with Gasteiger partial charge in [0.05, 0.1) is 0 Å². The number of nitrogens with one attached hydrogen (secondary N) is 1. The maximum atomic E-state index is 10.9. The average molecular weight is 174 g/mol. The lowest BCUT2D eigenvalue weighted by Crippen LogP contribution is -2.17. The Hall–Kier alpha value is -1.82. The molecule has 0 radical (unpaired) electrons. The minimum absolute atomic E-state index is 0.230. The minimum atomic E-state index is -0.230. The van der Waals surface area contributed by atoms with Crippen molar-refractivity contribution in [1.29, 1.82) is 5.26 Å². The van der Waals surface area contributed by atoms with Gasteiger partial charge >= 0.3 is 0 Å². The number of carbonyl (C=O) groups is 1. The third kappa shape index (κ3) is 3.39. The Morgan fingerprint density at radius 2 is 2.08 bits per heavy atom. The number of hydrogen-bond acceptors (Lipinski definition) is 2. The van der Waals surface area contributed by atoms with Crippen molar-refractivity contribution in [2.75, 3.05) is 0 Å². The summed E-state index contributed by atoms with van der Waals surface area (Å²) in [5.41, 5.74) is 1.11. The van der Waals surface area contributed by atoms with E-state index in [1.54, 1.807) is 6.19 Å². The molecule has 0 aromatic heterocycles. The monoisotopic (exact) mass is 174 g/mol. The third-order valence-corrected chi connectivity index (χ3v) is 1.68. The summed E-state index contributed by atoms with van der Waals surface area (Å²) in [6, 6.07) is 9.70. The van der Waals surface area contributed by atoms with Crippen LogP contribution in [0.3, 0.4) is 0 Å². The predicted octanol–water partition coefficient (Wildman–Crippen LogP) is 1.22. The lowest BCUT2D eigenvalue weighted by atomic mass is 10.1. The number of benzene rings is 1. The van der Waals surface area contributed by atoms with Crippen LogP contribution in [0.5, 0.6) is 0 Å². The molecule has 1 aromatic carbocycles. The smallest absolute Gasteiger partial charge is 0.233 e. The zero-order chi connectivity index (χ0) is 9.52. The van der Waals surface area contributed by atoms with E-state index in [1.807, 2.05) is 30.3 Å². The van der Waals surface area contributed by atoms with Gasteiger partial charge in [0.25, 0.3) is 0 Å². The SMILES string of the molecule is N#CNC(=O)CCc1ccccc1. The van der Waals surface area contributed by atoms with E-state index in [1.165, 1.54) is 0 Å².